The predicted molar refractivity (Wildman–Crippen MR) is 85.0 cm³/mol. The molecule has 1 atom stereocenters. The standard InChI is InChI=1S/C15H21N5O/c1-10(9-20(2)3)18-15(21)13-8-17-14(19-16)12-7-5-4-6-11(12)13/h4-8,10H,9,16H2,1-3H3,(H,17,19)(H,18,21). The number of nitrogen functional groups attached to an aromatic ring is 1. The van der Waals surface area contributed by atoms with Crippen LogP contribution in [0.15, 0.2) is 30.5 Å². The number of nitrogens with one attached hydrogen (secondary N) is 2. The average Bonchev–Trinajstić information content (AvgIpc) is 2.44. The van der Waals surface area contributed by atoms with Gasteiger partial charge in [-0.1, -0.05) is 24.3 Å². The van der Waals surface area contributed by atoms with Crippen LogP contribution in [-0.2, 0) is 0 Å². The fourth-order valence-corrected chi connectivity index (χ4v) is 2.38. The number of fused-ring (bicyclic) bond motifs is 1. The third kappa shape index (κ3) is 3.48. The van der Waals surface area contributed by atoms with Crippen molar-refractivity contribution in [2.75, 3.05) is 26.1 Å². The number of nitrogens with zero attached hydrogens (tertiary/aromatic N) is 2. The van der Waals surface area contributed by atoms with Crippen LogP contribution in [0.2, 0.25) is 0 Å². The highest BCUT2D eigenvalue weighted by atomic mass is 16.1. The van der Waals surface area contributed by atoms with E-state index in [-0.39, 0.29) is 11.9 Å². The summed E-state index contributed by atoms with van der Waals surface area (Å²) in [4.78, 5) is 18.7. The van der Waals surface area contributed by atoms with E-state index in [2.05, 4.69) is 15.7 Å². The zero-order chi connectivity index (χ0) is 15.4. The number of benzene rings is 1. The number of rotatable bonds is 5. The number of pyridine rings is 1. The molecular formula is C15H21N5O. The molecule has 1 aromatic carbocycles. The Morgan fingerprint density at radius 2 is 2.00 bits per heavy atom. The average molecular weight is 287 g/mol. The van der Waals surface area contributed by atoms with E-state index in [1.165, 1.54) is 0 Å². The van der Waals surface area contributed by atoms with Gasteiger partial charge in [0.05, 0.1) is 5.56 Å². The Kier molecular flexibility index (Phi) is 4.72. The van der Waals surface area contributed by atoms with Gasteiger partial charge in [0.25, 0.3) is 5.91 Å². The quantitative estimate of drug-likeness (QED) is 0.568. The van der Waals surface area contributed by atoms with Crippen LogP contribution in [0.5, 0.6) is 0 Å². The van der Waals surface area contributed by atoms with E-state index in [0.717, 1.165) is 17.3 Å². The van der Waals surface area contributed by atoms with Crippen molar-refractivity contribution in [3.8, 4) is 0 Å². The molecule has 1 unspecified atom stereocenters. The maximum Gasteiger partial charge on any atom is 0.253 e. The van der Waals surface area contributed by atoms with Crippen LogP contribution in [0.1, 0.15) is 17.3 Å². The van der Waals surface area contributed by atoms with Crippen molar-refractivity contribution in [3.05, 3.63) is 36.0 Å². The fraction of sp³-hybridized carbons (Fsp3) is 0.333. The normalized spacial score (nSPS) is 12.4. The Morgan fingerprint density at radius 1 is 1.33 bits per heavy atom. The second-order valence-electron chi connectivity index (χ2n) is 5.35. The van der Waals surface area contributed by atoms with Gasteiger partial charge in [-0.05, 0) is 26.4 Å². The molecule has 0 fully saturated rings. The summed E-state index contributed by atoms with van der Waals surface area (Å²) < 4.78 is 0. The summed E-state index contributed by atoms with van der Waals surface area (Å²) in [6, 6.07) is 7.61. The number of amides is 1. The first-order valence-electron chi connectivity index (χ1n) is 6.83. The lowest BCUT2D eigenvalue weighted by Gasteiger charge is -2.19. The molecule has 0 bridgehead atoms. The van der Waals surface area contributed by atoms with Crippen molar-refractivity contribution in [2.24, 2.45) is 5.84 Å². The fourth-order valence-electron chi connectivity index (χ4n) is 2.38. The molecule has 1 heterocycles. The van der Waals surface area contributed by atoms with Crippen LogP contribution >= 0.6 is 0 Å². The van der Waals surface area contributed by atoms with Crippen molar-refractivity contribution in [3.63, 3.8) is 0 Å². The number of hydrogen-bond donors (Lipinski definition) is 3. The van der Waals surface area contributed by atoms with Crippen molar-refractivity contribution >= 4 is 22.5 Å². The summed E-state index contributed by atoms with van der Waals surface area (Å²) in [5.74, 6) is 5.89. The molecule has 4 N–H and O–H groups in total. The smallest absolute Gasteiger partial charge is 0.253 e. The zero-order valence-corrected chi connectivity index (χ0v) is 12.6. The van der Waals surface area contributed by atoms with E-state index in [4.69, 9.17) is 5.84 Å². The monoisotopic (exact) mass is 287 g/mol. The van der Waals surface area contributed by atoms with Crippen LogP contribution in [0.4, 0.5) is 5.82 Å². The van der Waals surface area contributed by atoms with Gasteiger partial charge in [-0.25, -0.2) is 10.8 Å². The lowest BCUT2D eigenvalue weighted by Crippen LogP contribution is -2.39. The number of nitrogens with two attached hydrogens (primary N) is 1. The number of aromatic nitrogens is 1. The van der Waals surface area contributed by atoms with E-state index in [1.54, 1.807) is 6.20 Å². The SMILES string of the molecule is CC(CN(C)C)NC(=O)c1cnc(NN)c2ccccc12. The molecule has 0 saturated heterocycles. The Balaban J connectivity index is 2.32. The minimum atomic E-state index is -0.128. The molecule has 1 amide bonds. The van der Waals surface area contributed by atoms with Crippen LogP contribution in [0.25, 0.3) is 10.8 Å². The molecule has 6 nitrogen and oxygen atoms in total. The van der Waals surface area contributed by atoms with E-state index in [9.17, 15) is 4.79 Å². The third-order valence-corrected chi connectivity index (χ3v) is 3.19. The molecule has 2 aromatic rings. The summed E-state index contributed by atoms with van der Waals surface area (Å²) in [5.41, 5.74) is 3.10. The predicted octanol–water partition coefficient (Wildman–Crippen LogP) is 1.20. The third-order valence-electron chi connectivity index (χ3n) is 3.19. The molecule has 1 aromatic heterocycles. The lowest BCUT2D eigenvalue weighted by molar-refractivity contribution is 0.0935. The maximum atomic E-state index is 12.4. The van der Waals surface area contributed by atoms with Crippen LogP contribution < -0.4 is 16.6 Å². The molecule has 112 valence electrons. The molecule has 2 rings (SSSR count). The molecule has 0 saturated carbocycles. The minimum Gasteiger partial charge on any atom is -0.348 e. The largest absolute Gasteiger partial charge is 0.348 e. The zero-order valence-electron chi connectivity index (χ0n) is 12.6. The van der Waals surface area contributed by atoms with Crippen molar-refractivity contribution in [2.45, 2.75) is 13.0 Å². The Hall–Kier alpha value is -2.18. The molecule has 0 aliphatic carbocycles. The Morgan fingerprint density at radius 3 is 2.62 bits per heavy atom. The highest BCUT2D eigenvalue weighted by molar-refractivity contribution is 6.09. The van der Waals surface area contributed by atoms with Gasteiger partial charge in [-0.2, -0.15) is 0 Å². The van der Waals surface area contributed by atoms with E-state index < -0.39 is 0 Å². The summed E-state index contributed by atoms with van der Waals surface area (Å²) in [7, 11) is 3.95. The number of hydrogen-bond acceptors (Lipinski definition) is 5. The van der Waals surface area contributed by atoms with Crippen LogP contribution in [0.3, 0.4) is 0 Å². The van der Waals surface area contributed by atoms with Gasteiger partial charge in [0.15, 0.2) is 0 Å². The molecule has 0 aliphatic rings. The molecule has 0 spiro atoms. The Labute approximate surface area is 124 Å². The maximum absolute atomic E-state index is 12.4. The number of likely N-dealkylation sites (N-methyl/N-ethyl adjacent to an activating group) is 1. The Bertz CT molecular complexity index is 641. The number of carbonyl (C=O) groups excluding carboxylic acids is 1. The molecular weight excluding hydrogens is 266 g/mol. The van der Waals surface area contributed by atoms with Crippen LogP contribution in [-0.4, -0.2) is 42.5 Å². The summed E-state index contributed by atoms with van der Waals surface area (Å²) in [6.07, 6.45) is 1.55. The van der Waals surface area contributed by atoms with Gasteiger partial charge in [-0.15, -0.1) is 0 Å². The van der Waals surface area contributed by atoms with Crippen molar-refractivity contribution < 1.29 is 4.79 Å². The highest BCUT2D eigenvalue weighted by Gasteiger charge is 2.15. The van der Waals surface area contributed by atoms with Gasteiger partial charge in [0.1, 0.15) is 5.82 Å². The second kappa shape index (κ2) is 6.51. The first kappa shape index (κ1) is 15.2. The topological polar surface area (TPSA) is 83.3 Å². The van der Waals surface area contributed by atoms with Gasteiger partial charge in [0.2, 0.25) is 0 Å². The number of carbonyl (C=O) groups is 1. The van der Waals surface area contributed by atoms with Crippen LogP contribution in [0, 0.1) is 0 Å². The summed E-state index contributed by atoms with van der Waals surface area (Å²) in [6.45, 7) is 2.75. The number of anilines is 1. The van der Waals surface area contributed by atoms with E-state index in [0.29, 0.717) is 11.4 Å². The summed E-state index contributed by atoms with van der Waals surface area (Å²) in [5, 5.41) is 4.64. The highest BCUT2D eigenvalue weighted by Crippen LogP contribution is 2.23. The lowest BCUT2D eigenvalue weighted by atomic mass is 10.1. The summed E-state index contributed by atoms with van der Waals surface area (Å²) >= 11 is 0. The molecule has 0 aliphatic heterocycles. The van der Waals surface area contributed by atoms with Crippen molar-refractivity contribution in [1.82, 2.24) is 15.2 Å². The van der Waals surface area contributed by atoms with Crippen molar-refractivity contribution in [1.29, 1.82) is 0 Å². The van der Waals surface area contributed by atoms with Gasteiger partial charge < -0.3 is 15.6 Å². The van der Waals surface area contributed by atoms with E-state index >= 15 is 0 Å². The molecule has 0 radical (unpaired) electrons. The van der Waals surface area contributed by atoms with E-state index in [1.807, 2.05) is 50.2 Å². The molecule has 21 heavy (non-hydrogen) atoms. The second-order valence-corrected chi connectivity index (χ2v) is 5.35. The van der Waals surface area contributed by atoms with Gasteiger partial charge in [-0.3, -0.25) is 4.79 Å². The van der Waals surface area contributed by atoms with Gasteiger partial charge in [0, 0.05) is 24.2 Å². The van der Waals surface area contributed by atoms with Gasteiger partial charge >= 0.3 is 0 Å². The minimum absolute atomic E-state index is 0.0542. The first-order chi connectivity index (χ1) is 10.0. The molecule has 6 heteroatoms. The number of hydrazine groups is 1. The first-order valence-corrected chi connectivity index (χ1v) is 6.83.